The van der Waals surface area contributed by atoms with Crippen LogP contribution in [-0.2, 0) is 24.2 Å². The summed E-state index contributed by atoms with van der Waals surface area (Å²) in [4.78, 5) is 22.8. The Bertz CT molecular complexity index is 647. The third-order valence-electron chi connectivity index (χ3n) is 4.32. The van der Waals surface area contributed by atoms with Gasteiger partial charge in [0.1, 0.15) is 5.82 Å². The van der Waals surface area contributed by atoms with Gasteiger partial charge in [0.2, 0.25) is 5.91 Å². The van der Waals surface area contributed by atoms with E-state index in [1.54, 1.807) is 6.20 Å². The average Bonchev–Trinajstić information content (AvgIpc) is 2.97. The van der Waals surface area contributed by atoms with E-state index in [1.165, 1.54) is 0 Å². The van der Waals surface area contributed by atoms with Crippen LogP contribution >= 0.6 is 0 Å². The fourth-order valence-electron chi connectivity index (χ4n) is 2.99. The number of aromatic nitrogens is 3. The number of likely N-dealkylation sites (N-methyl/N-ethyl adjacent to an activating group) is 1. The maximum absolute atomic E-state index is 12.3. The summed E-state index contributed by atoms with van der Waals surface area (Å²) in [5.41, 5.74) is 1.95. The van der Waals surface area contributed by atoms with Gasteiger partial charge >= 0.3 is 0 Å². The first-order valence-corrected chi connectivity index (χ1v) is 7.77. The zero-order valence-electron chi connectivity index (χ0n) is 13.2. The van der Waals surface area contributed by atoms with Crippen LogP contribution in [0.5, 0.6) is 0 Å². The molecule has 5 heteroatoms. The van der Waals surface area contributed by atoms with Gasteiger partial charge < -0.3 is 9.47 Å². The normalized spacial score (nSPS) is 17.1. The summed E-state index contributed by atoms with van der Waals surface area (Å²) in [6.45, 7) is 3.71. The van der Waals surface area contributed by atoms with E-state index in [4.69, 9.17) is 0 Å². The van der Waals surface area contributed by atoms with Gasteiger partial charge in [0.25, 0.3) is 0 Å². The first-order valence-electron chi connectivity index (χ1n) is 7.77. The standard InChI is InChI=1S/C17H22N4O/c1-13-3-4-14(10-19-13)9-17(22)20(2)11-15-5-6-16-18-7-8-21(16)12-15/h3-4,7-8,10,15H,5-6,9,11-12H2,1-2H3. The van der Waals surface area contributed by atoms with Gasteiger partial charge in [0, 0.05) is 50.8 Å². The second-order valence-corrected chi connectivity index (χ2v) is 6.16. The topological polar surface area (TPSA) is 51.0 Å². The van der Waals surface area contributed by atoms with Crippen molar-refractivity contribution in [3.8, 4) is 0 Å². The molecule has 22 heavy (non-hydrogen) atoms. The van der Waals surface area contributed by atoms with Gasteiger partial charge in [-0.2, -0.15) is 0 Å². The predicted octanol–water partition coefficient (Wildman–Crippen LogP) is 1.85. The molecule has 0 fully saturated rings. The number of imidazole rings is 1. The van der Waals surface area contributed by atoms with Gasteiger partial charge in [-0.3, -0.25) is 9.78 Å². The minimum atomic E-state index is 0.155. The van der Waals surface area contributed by atoms with E-state index in [-0.39, 0.29) is 5.91 Å². The van der Waals surface area contributed by atoms with Crippen molar-refractivity contribution in [3.05, 3.63) is 47.8 Å². The number of amides is 1. The molecule has 5 nitrogen and oxygen atoms in total. The molecule has 1 aliphatic rings. The lowest BCUT2D eigenvalue weighted by atomic mass is 9.98. The number of carbonyl (C=O) groups is 1. The summed E-state index contributed by atoms with van der Waals surface area (Å²) in [5, 5.41) is 0. The highest BCUT2D eigenvalue weighted by atomic mass is 16.2. The number of hydrogen-bond donors (Lipinski definition) is 0. The monoisotopic (exact) mass is 298 g/mol. The third-order valence-corrected chi connectivity index (χ3v) is 4.32. The van der Waals surface area contributed by atoms with E-state index in [0.717, 1.165) is 43.0 Å². The van der Waals surface area contributed by atoms with Crippen molar-refractivity contribution in [1.82, 2.24) is 19.4 Å². The number of nitrogens with zero attached hydrogens (tertiary/aromatic N) is 4. The summed E-state index contributed by atoms with van der Waals surface area (Å²) < 4.78 is 2.20. The predicted molar refractivity (Wildman–Crippen MR) is 84.4 cm³/mol. The molecule has 1 atom stereocenters. The number of rotatable bonds is 4. The molecule has 0 aliphatic carbocycles. The Morgan fingerprint density at radius 2 is 2.27 bits per heavy atom. The molecule has 1 aliphatic heterocycles. The molecule has 0 saturated heterocycles. The van der Waals surface area contributed by atoms with Crippen LogP contribution in [0.3, 0.4) is 0 Å². The van der Waals surface area contributed by atoms with E-state index >= 15 is 0 Å². The number of hydrogen-bond acceptors (Lipinski definition) is 3. The van der Waals surface area contributed by atoms with Crippen molar-refractivity contribution in [2.45, 2.75) is 32.7 Å². The van der Waals surface area contributed by atoms with Crippen molar-refractivity contribution in [1.29, 1.82) is 0 Å². The fraction of sp³-hybridized carbons (Fsp3) is 0.471. The van der Waals surface area contributed by atoms with Gasteiger partial charge in [-0.1, -0.05) is 6.07 Å². The fourth-order valence-corrected chi connectivity index (χ4v) is 2.99. The lowest BCUT2D eigenvalue weighted by molar-refractivity contribution is -0.129. The SMILES string of the molecule is Cc1ccc(CC(=O)N(C)CC2CCc3nccn3C2)cn1. The molecule has 0 aromatic carbocycles. The van der Waals surface area contributed by atoms with Crippen LogP contribution in [0.1, 0.15) is 23.5 Å². The smallest absolute Gasteiger partial charge is 0.226 e. The largest absolute Gasteiger partial charge is 0.345 e. The average molecular weight is 298 g/mol. The highest BCUT2D eigenvalue weighted by Crippen LogP contribution is 2.19. The van der Waals surface area contributed by atoms with E-state index in [9.17, 15) is 4.79 Å². The molecule has 0 N–H and O–H groups in total. The van der Waals surface area contributed by atoms with Crippen molar-refractivity contribution in [2.75, 3.05) is 13.6 Å². The molecule has 2 aromatic rings. The molecule has 1 unspecified atom stereocenters. The van der Waals surface area contributed by atoms with Gasteiger partial charge in [-0.05, 0) is 30.9 Å². The van der Waals surface area contributed by atoms with Crippen LogP contribution < -0.4 is 0 Å². The minimum absolute atomic E-state index is 0.155. The number of pyridine rings is 1. The molecular weight excluding hydrogens is 276 g/mol. The zero-order valence-corrected chi connectivity index (χ0v) is 13.2. The van der Waals surface area contributed by atoms with Crippen molar-refractivity contribution >= 4 is 5.91 Å². The summed E-state index contributed by atoms with van der Waals surface area (Å²) in [6.07, 6.45) is 8.20. The van der Waals surface area contributed by atoms with Crippen molar-refractivity contribution in [3.63, 3.8) is 0 Å². The van der Waals surface area contributed by atoms with E-state index in [0.29, 0.717) is 12.3 Å². The Balaban J connectivity index is 1.54. The Morgan fingerprint density at radius 3 is 3.05 bits per heavy atom. The summed E-state index contributed by atoms with van der Waals surface area (Å²) in [6, 6.07) is 3.93. The van der Waals surface area contributed by atoms with Crippen LogP contribution in [0.2, 0.25) is 0 Å². The minimum Gasteiger partial charge on any atom is -0.345 e. The van der Waals surface area contributed by atoms with Crippen molar-refractivity contribution < 1.29 is 4.79 Å². The molecule has 1 amide bonds. The lowest BCUT2D eigenvalue weighted by Crippen LogP contribution is -2.36. The second-order valence-electron chi connectivity index (χ2n) is 6.16. The summed E-state index contributed by atoms with van der Waals surface area (Å²) in [7, 11) is 1.90. The van der Waals surface area contributed by atoms with Crippen LogP contribution in [0.15, 0.2) is 30.7 Å². The molecule has 3 heterocycles. The molecule has 0 radical (unpaired) electrons. The zero-order chi connectivity index (χ0) is 15.5. The highest BCUT2D eigenvalue weighted by molar-refractivity contribution is 5.78. The Morgan fingerprint density at radius 1 is 1.41 bits per heavy atom. The van der Waals surface area contributed by atoms with Crippen LogP contribution in [0, 0.1) is 12.8 Å². The lowest BCUT2D eigenvalue weighted by Gasteiger charge is -2.28. The van der Waals surface area contributed by atoms with Crippen LogP contribution in [-0.4, -0.2) is 38.9 Å². The Hall–Kier alpha value is -2.17. The second kappa shape index (κ2) is 6.30. The van der Waals surface area contributed by atoms with Crippen LogP contribution in [0.4, 0.5) is 0 Å². The quantitative estimate of drug-likeness (QED) is 0.865. The van der Waals surface area contributed by atoms with E-state index < -0.39 is 0 Å². The Labute approximate surface area is 131 Å². The highest BCUT2D eigenvalue weighted by Gasteiger charge is 2.21. The molecule has 116 valence electrons. The van der Waals surface area contributed by atoms with E-state index in [2.05, 4.69) is 14.5 Å². The van der Waals surface area contributed by atoms with Crippen molar-refractivity contribution in [2.24, 2.45) is 5.92 Å². The maximum atomic E-state index is 12.3. The third kappa shape index (κ3) is 3.35. The van der Waals surface area contributed by atoms with Gasteiger partial charge in [-0.25, -0.2) is 4.98 Å². The number of carbonyl (C=O) groups excluding carboxylic acids is 1. The first-order chi connectivity index (χ1) is 10.6. The first kappa shape index (κ1) is 14.8. The maximum Gasteiger partial charge on any atom is 0.226 e. The number of aryl methyl sites for hydroxylation is 2. The molecular formula is C17H22N4O. The molecule has 2 aromatic heterocycles. The molecule has 0 bridgehead atoms. The molecule has 0 spiro atoms. The molecule has 0 saturated carbocycles. The van der Waals surface area contributed by atoms with Gasteiger partial charge in [0.05, 0.1) is 6.42 Å². The number of fused-ring (bicyclic) bond motifs is 1. The van der Waals surface area contributed by atoms with Gasteiger partial charge in [0.15, 0.2) is 0 Å². The summed E-state index contributed by atoms with van der Waals surface area (Å²) >= 11 is 0. The molecule has 3 rings (SSSR count). The van der Waals surface area contributed by atoms with Crippen LogP contribution in [0.25, 0.3) is 0 Å². The van der Waals surface area contributed by atoms with Gasteiger partial charge in [-0.15, -0.1) is 0 Å². The summed E-state index contributed by atoms with van der Waals surface area (Å²) in [5.74, 6) is 1.82. The Kier molecular flexibility index (Phi) is 4.22. The van der Waals surface area contributed by atoms with E-state index in [1.807, 2.05) is 43.4 Å².